The van der Waals surface area contributed by atoms with E-state index in [1.165, 1.54) is 19.3 Å². The van der Waals surface area contributed by atoms with Crippen molar-refractivity contribution in [3.8, 4) is 0 Å². The molecule has 132 valence electrons. The molecule has 0 aliphatic carbocycles. The Balaban J connectivity index is 0. The zero-order valence-electron chi connectivity index (χ0n) is 13.9. The maximum absolute atomic E-state index is 10.7. The van der Waals surface area contributed by atoms with Gasteiger partial charge in [0.05, 0.1) is 12.3 Å². The van der Waals surface area contributed by atoms with Crippen LogP contribution in [-0.4, -0.2) is 35.2 Å². The summed E-state index contributed by atoms with van der Waals surface area (Å²) in [6.45, 7) is 3.70. The van der Waals surface area contributed by atoms with Crippen LogP contribution >= 0.6 is 0 Å². The Morgan fingerprint density at radius 2 is 1.36 bits per heavy atom. The van der Waals surface area contributed by atoms with E-state index < -0.39 is 17.9 Å². The highest BCUT2D eigenvalue weighted by Crippen LogP contribution is 2.15. The lowest BCUT2D eigenvalue weighted by atomic mass is 9.97. The van der Waals surface area contributed by atoms with E-state index in [4.69, 9.17) is 21.7 Å². The second kappa shape index (κ2) is 17.9. The van der Waals surface area contributed by atoms with Gasteiger partial charge in [-0.15, -0.1) is 0 Å². The van der Waals surface area contributed by atoms with Crippen molar-refractivity contribution in [2.24, 2.45) is 17.4 Å². The van der Waals surface area contributed by atoms with Crippen molar-refractivity contribution in [1.29, 1.82) is 0 Å². The van der Waals surface area contributed by atoms with Crippen LogP contribution in [0.5, 0.6) is 0 Å². The number of hydrogen-bond acceptors (Lipinski definition) is 4. The Labute approximate surface area is 134 Å². The predicted octanol–water partition coefficient (Wildman–Crippen LogP) is 2.60. The first-order chi connectivity index (χ1) is 10.5. The summed E-state index contributed by atoms with van der Waals surface area (Å²) in [6, 6.07) is 0. The molecule has 0 saturated carbocycles. The number of carboxylic acids is 2. The summed E-state index contributed by atoms with van der Waals surface area (Å²) in [4.78, 5) is 21.2. The zero-order valence-corrected chi connectivity index (χ0v) is 13.9. The molecule has 1 unspecified atom stereocenters. The van der Waals surface area contributed by atoms with E-state index in [2.05, 4.69) is 6.92 Å². The van der Waals surface area contributed by atoms with Crippen molar-refractivity contribution in [1.82, 2.24) is 0 Å². The molecule has 0 amide bonds. The van der Waals surface area contributed by atoms with Gasteiger partial charge in [-0.05, 0) is 32.4 Å². The van der Waals surface area contributed by atoms with Crippen LogP contribution in [0.15, 0.2) is 0 Å². The Morgan fingerprint density at radius 3 is 1.77 bits per heavy atom. The standard InChI is InChI=1S/C12H22O4.C4H12N2/c1-2-3-4-5-6-7-8-10(12(15)16)9-11(13)14;5-3-1-2-4-6/h10H,2-9H2,1H3,(H,13,14)(H,15,16);1-6H2. The summed E-state index contributed by atoms with van der Waals surface area (Å²) in [5, 5.41) is 17.3. The van der Waals surface area contributed by atoms with Gasteiger partial charge in [0.15, 0.2) is 0 Å². The fourth-order valence-electron chi connectivity index (χ4n) is 1.98. The van der Waals surface area contributed by atoms with Gasteiger partial charge in [-0.1, -0.05) is 45.4 Å². The first-order valence-corrected chi connectivity index (χ1v) is 8.34. The molecule has 0 bridgehead atoms. The highest BCUT2D eigenvalue weighted by molar-refractivity contribution is 5.77. The molecular formula is C16H34N2O4. The number of carboxylic acid groups (broad SMARTS) is 2. The van der Waals surface area contributed by atoms with E-state index in [1.54, 1.807) is 0 Å². The van der Waals surface area contributed by atoms with Crippen molar-refractivity contribution in [2.75, 3.05) is 13.1 Å². The van der Waals surface area contributed by atoms with E-state index in [9.17, 15) is 9.59 Å². The lowest BCUT2D eigenvalue weighted by Gasteiger charge is -2.09. The normalized spacial score (nSPS) is 11.4. The third kappa shape index (κ3) is 18.9. The molecule has 0 fully saturated rings. The number of nitrogens with two attached hydrogens (primary N) is 2. The first kappa shape index (κ1) is 23.1. The highest BCUT2D eigenvalue weighted by atomic mass is 16.4. The second-order valence-corrected chi connectivity index (χ2v) is 5.47. The van der Waals surface area contributed by atoms with Crippen LogP contribution in [-0.2, 0) is 9.59 Å². The summed E-state index contributed by atoms with van der Waals surface area (Å²) in [7, 11) is 0. The monoisotopic (exact) mass is 318 g/mol. The van der Waals surface area contributed by atoms with Gasteiger partial charge in [-0.3, -0.25) is 9.59 Å². The minimum absolute atomic E-state index is 0.260. The van der Waals surface area contributed by atoms with E-state index in [1.807, 2.05) is 0 Å². The maximum atomic E-state index is 10.7. The molecule has 0 aliphatic rings. The molecule has 6 nitrogen and oxygen atoms in total. The van der Waals surface area contributed by atoms with Gasteiger partial charge in [0.25, 0.3) is 0 Å². The molecule has 0 aromatic heterocycles. The van der Waals surface area contributed by atoms with Crippen molar-refractivity contribution in [3.05, 3.63) is 0 Å². The van der Waals surface area contributed by atoms with Crippen molar-refractivity contribution in [2.45, 2.75) is 71.1 Å². The molecule has 0 rings (SSSR count). The highest BCUT2D eigenvalue weighted by Gasteiger charge is 2.19. The second-order valence-electron chi connectivity index (χ2n) is 5.47. The lowest BCUT2D eigenvalue weighted by molar-refractivity contribution is -0.148. The smallest absolute Gasteiger partial charge is 0.307 e. The van der Waals surface area contributed by atoms with Gasteiger partial charge in [0.1, 0.15) is 0 Å². The van der Waals surface area contributed by atoms with Gasteiger partial charge in [-0.25, -0.2) is 0 Å². The van der Waals surface area contributed by atoms with Gasteiger partial charge in [-0.2, -0.15) is 0 Å². The van der Waals surface area contributed by atoms with E-state index >= 15 is 0 Å². The van der Waals surface area contributed by atoms with E-state index in [0.29, 0.717) is 6.42 Å². The Morgan fingerprint density at radius 1 is 0.864 bits per heavy atom. The summed E-state index contributed by atoms with van der Waals surface area (Å²) < 4.78 is 0. The minimum Gasteiger partial charge on any atom is -0.481 e. The average molecular weight is 318 g/mol. The van der Waals surface area contributed by atoms with E-state index in [-0.39, 0.29) is 6.42 Å². The summed E-state index contributed by atoms with van der Waals surface area (Å²) >= 11 is 0. The van der Waals surface area contributed by atoms with Gasteiger partial charge in [0, 0.05) is 0 Å². The lowest BCUT2D eigenvalue weighted by Crippen LogP contribution is -2.17. The maximum Gasteiger partial charge on any atom is 0.307 e. The Hall–Kier alpha value is -1.14. The molecule has 0 heterocycles. The SMILES string of the molecule is CCCCCCCCC(CC(=O)O)C(=O)O.NCCCCN. The number of carbonyl (C=O) groups is 2. The molecule has 0 saturated heterocycles. The zero-order chi connectivity index (χ0) is 17.2. The van der Waals surface area contributed by atoms with Gasteiger partial charge in [0.2, 0.25) is 0 Å². The minimum atomic E-state index is -1.03. The topological polar surface area (TPSA) is 127 Å². The Bertz CT molecular complexity index is 269. The molecule has 22 heavy (non-hydrogen) atoms. The fourth-order valence-corrected chi connectivity index (χ4v) is 1.98. The van der Waals surface area contributed by atoms with Crippen LogP contribution in [0.1, 0.15) is 71.1 Å². The van der Waals surface area contributed by atoms with Gasteiger partial charge < -0.3 is 21.7 Å². The molecule has 0 aliphatic heterocycles. The number of rotatable bonds is 13. The third-order valence-electron chi connectivity index (χ3n) is 3.33. The summed E-state index contributed by atoms with van der Waals surface area (Å²) in [5.41, 5.74) is 10.3. The predicted molar refractivity (Wildman–Crippen MR) is 88.7 cm³/mol. The number of aliphatic carboxylic acids is 2. The number of hydrogen-bond donors (Lipinski definition) is 4. The van der Waals surface area contributed by atoms with Crippen LogP contribution in [0.2, 0.25) is 0 Å². The molecule has 1 atom stereocenters. The van der Waals surface area contributed by atoms with Crippen molar-refractivity contribution < 1.29 is 19.8 Å². The molecule has 6 N–H and O–H groups in total. The van der Waals surface area contributed by atoms with E-state index in [0.717, 1.165) is 45.2 Å². The number of unbranched alkanes of at least 4 members (excludes halogenated alkanes) is 6. The van der Waals surface area contributed by atoms with Crippen LogP contribution < -0.4 is 11.5 Å². The third-order valence-corrected chi connectivity index (χ3v) is 3.33. The first-order valence-electron chi connectivity index (χ1n) is 8.34. The molecular weight excluding hydrogens is 284 g/mol. The summed E-state index contributed by atoms with van der Waals surface area (Å²) in [6.07, 6.45) is 8.89. The van der Waals surface area contributed by atoms with Crippen LogP contribution in [0.25, 0.3) is 0 Å². The molecule has 0 spiro atoms. The van der Waals surface area contributed by atoms with Crippen LogP contribution in [0.4, 0.5) is 0 Å². The van der Waals surface area contributed by atoms with Crippen LogP contribution in [0, 0.1) is 5.92 Å². The van der Waals surface area contributed by atoms with Crippen LogP contribution in [0.3, 0.4) is 0 Å². The fraction of sp³-hybridized carbons (Fsp3) is 0.875. The van der Waals surface area contributed by atoms with Crippen molar-refractivity contribution in [3.63, 3.8) is 0 Å². The van der Waals surface area contributed by atoms with Gasteiger partial charge >= 0.3 is 11.9 Å². The summed E-state index contributed by atoms with van der Waals surface area (Å²) in [5.74, 6) is -2.74. The quantitative estimate of drug-likeness (QED) is 0.387. The van der Waals surface area contributed by atoms with Crippen molar-refractivity contribution >= 4 is 11.9 Å². The molecule has 0 aromatic carbocycles. The molecule has 0 aromatic rings. The average Bonchev–Trinajstić information content (AvgIpc) is 2.47. The molecule has 6 heteroatoms. The molecule has 0 radical (unpaired) electrons. The largest absolute Gasteiger partial charge is 0.481 e. The Kier molecular flexibility index (Phi) is 18.8.